The van der Waals surface area contributed by atoms with Gasteiger partial charge in [0.2, 0.25) is 17.6 Å². The molecule has 2 aliphatic carbocycles. The van der Waals surface area contributed by atoms with Crippen LogP contribution in [0.4, 0.5) is 33.3 Å². The fourth-order valence-electron chi connectivity index (χ4n) is 7.77. The van der Waals surface area contributed by atoms with E-state index in [1.807, 2.05) is 0 Å². The number of fused-ring (bicyclic) bond motifs is 4. The summed E-state index contributed by atoms with van der Waals surface area (Å²) in [6.45, 7) is 1.71. The number of amides is 4. The number of halogens is 8. The first kappa shape index (κ1) is 34.7. The number of allylic oxidation sites excluding steroid dienone is 2. The Morgan fingerprint density at radius 2 is 1.48 bits per heavy atom. The van der Waals surface area contributed by atoms with Crippen LogP contribution >= 0.6 is 45.8 Å². The molecule has 3 fully saturated rings. The first-order valence-corrected chi connectivity index (χ1v) is 17.0. The van der Waals surface area contributed by atoms with Gasteiger partial charge in [-0.15, -0.1) is 23.2 Å². The van der Waals surface area contributed by atoms with E-state index in [9.17, 15) is 37.5 Å². The van der Waals surface area contributed by atoms with Gasteiger partial charge in [-0.2, -0.15) is 0 Å². The van der Waals surface area contributed by atoms with E-state index in [4.69, 9.17) is 27.9 Å². The van der Waals surface area contributed by atoms with Crippen molar-refractivity contribution in [1.82, 2.24) is 0 Å². The third-order valence-corrected chi connectivity index (χ3v) is 12.1. The Hall–Kier alpha value is -3.76. The summed E-state index contributed by atoms with van der Waals surface area (Å²) in [5, 5.41) is 10.5. The number of aromatic hydroxyl groups is 1. The number of anilines is 2. The average molecular weight is 847 g/mol. The molecule has 2 aliphatic heterocycles. The number of imide groups is 2. The Labute approximate surface area is 303 Å². The summed E-state index contributed by atoms with van der Waals surface area (Å²) < 4.78 is 79.7. The molecule has 0 unspecified atom stereocenters. The minimum atomic E-state index is -2.69. The van der Waals surface area contributed by atoms with E-state index in [0.29, 0.717) is 5.69 Å². The van der Waals surface area contributed by atoms with Gasteiger partial charge in [-0.1, -0.05) is 17.7 Å². The molecule has 1 N–H and O–H groups in total. The lowest BCUT2D eigenvalue weighted by Gasteiger charge is -2.50. The van der Waals surface area contributed by atoms with Gasteiger partial charge in [-0.25, -0.2) is 26.9 Å². The minimum absolute atomic E-state index is 0.0133. The molecule has 3 aromatic rings. The van der Waals surface area contributed by atoms with Gasteiger partial charge in [0.15, 0.2) is 44.5 Å². The maximum absolute atomic E-state index is 15.2. The van der Waals surface area contributed by atoms with Gasteiger partial charge in [0.1, 0.15) is 5.69 Å². The summed E-state index contributed by atoms with van der Waals surface area (Å²) in [6, 6.07) is 10.4. The van der Waals surface area contributed by atoms with E-state index < -0.39 is 98.2 Å². The van der Waals surface area contributed by atoms with E-state index in [0.717, 1.165) is 8.47 Å². The molecular weight excluding hydrogens is 825 g/mol. The Bertz CT molecular complexity index is 2060. The maximum Gasteiger partial charge on any atom is 0.258 e. The molecule has 50 heavy (non-hydrogen) atoms. The highest BCUT2D eigenvalue weighted by molar-refractivity contribution is 14.1. The summed E-state index contributed by atoms with van der Waals surface area (Å²) in [6.07, 6.45) is 0.945. The number of ether oxygens (including phenoxy) is 1. The number of carbonyl (C=O) groups is 4. The van der Waals surface area contributed by atoms with Crippen molar-refractivity contribution in [3.63, 3.8) is 0 Å². The second kappa shape index (κ2) is 11.9. The van der Waals surface area contributed by atoms with Crippen molar-refractivity contribution < 1.29 is 51.0 Å². The fourth-order valence-corrected chi connectivity index (χ4v) is 9.06. The highest BCUT2D eigenvalue weighted by Crippen LogP contribution is 2.66. The van der Waals surface area contributed by atoms with Crippen molar-refractivity contribution in [1.29, 1.82) is 0 Å². The Morgan fingerprint density at radius 1 is 0.860 bits per heavy atom. The number of benzene rings is 3. The lowest BCUT2D eigenvalue weighted by Crippen LogP contribution is -2.60. The van der Waals surface area contributed by atoms with Crippen LogP contribution in [0.25, 0.3) is 0 Å². The quantitative estimate of drug-likeness (QED) is 0.0573. The molecule has 1 saturated carbocycles. The summed E-state index contributed by atoms with van der Waals surface area (Å²) in [5.41, 5.74) is -1.19. The van der Waals surface area contributed by atoms with Crippen molar-refractivity contribution in [2.24, 2.45) is 17.8 Å². The number of phenols is 1. The van der Waals surface area contributed by atoms with E-state index in [2.05, 4.69) is 22.6 Å². The largest absolute Gasteiger partial charge is 0.504 e. The predicted octanol–water partition coefficient (Wildman–Crippen LogP) is 6.86. The first-order valence-electron chi connectivity index (χ1n) is 15.2. The second-order valence-corrected chi connectivity index (χ2v) is 14.8. The average Bonchev–Trinajstić information content (AvgIpc) is 3.42. The molecule has 0 spiro atoms. The number of hydrogen-bond donors (Lipinski definition) is 1. The number of phenolic OH excluding ortho intramolecular Hbond substituents is 1. The van der Waals surface area contributed by atoms with Crippen LogP contribution in [0.2, 0.25) is 0 Å². The van der Waals surface area contributed by atoms with Crippen LogP contribution in [-0.2, 0) is 19.2 Å². The van der Waals surface area contributed by atoms with Crippen LogP contribution in [0.1, 0.15) is 31.2 Å². The van der Waals surface area contributed by atoms with Gasteiger partial charge < -0.3 is 9.84 Å². The van der Waals surface area contributed by atoms with Crippen molar-refractivity contribution in [2.75, 3.05) is 16.4 Å². The second-order valence-electron chi connectivity index (χ2n) is 12.3. The smallest absolute Gasteiger partial charge is 0.258 e. The third kappa shape index (κ3) is 4.52. The zero-order valence-electron chi connectivity index (χ0n) is 25.5. The van der Waals surface area contributed by atoms with E-state index in [1.165, 1.54) is 18.2 Å². The number of nitrogens with zero attached hydrogens (tertiary/aromatic N) is 2. The molecule has 8 nitrogen and oxygen atoms in total. The van der Waals surface area contributed by atoms with Gasteiger partial charge in [-0.05, 0) is 90.2 Å². The maximum atomic E-state index is 15.2. The van der Waals surface area contributed by atoms with Crippen molar-refractivity contribution in [3.05, 3.63) is 92.3 Å². The van der Waals surface area contributed by atoms with Gasteiger partial charge in [0.05, 0.1) is 24.1 Å². The number of hydrogen-bond acceptors (Lipinski definition) is 6. The molecule has 6 atom stereocenters. The lowest BCUT2D eigenvalue weighted by atomic mass is 9.56. The van der Waals surface area contributed by atoms with Crippen LogP contribution in [0.15, 0.2) is 54.1 Å². The van der Waals surface area contributed by atoms with Crippen molar-refractivity contribution in [2.45, 2.75) is 35.4 Å². The lowest BCUT2D eigenvalue weighted by molar-refractivity contribution is -0.125. The fraction of sp³-hybridized carbons (Fsp3) is 0.294. The molecule has 4 aliphatic rings. The summed E-state index contributed by atoms with van der Waals surface area (Å²) in [4.78, 5) is 52.1. The monoisotopic (exact) mass is 846 g/mol. The molecule has 260 valence electrons. The van der Waals surface area contributed by atoms with Crippen molar-refractivity contribution >= 4 is 80.8 Å². The predicted molar refractivity (Wildman–Crippen MR) is 177 cm³/mol. The molecule has 7 rings (SSSR count). The number of rotatable bonds is 5. The summed E-state index contributed by atoms with van der Waals surface area (Å²) >= 11 is 16.4. The Morgan fingerprint density at radius 3 is 2.10 bits per heavy atom. The standard InChI is InChI=1S/C34H22Cl2F5IN2O6/c1-2-50-20-11-13(3-10-19(20)45)22-16-8-9-17-21(30(47)43(29(17)46)15-6-4-14(42)5-7-15)18(16)12-33(35)31(48)44(32(49)34(22,33)36)28-26(40)24(38)23(37)25(39)27(28)41/h3-8,10-11,17-18,21-22,45H,2,9,12H2,1H3/t17-,18+,21-,22-,33+,34-/m0/s1. The Balaban J connectivity index is 1.44. The zero-order valence-corrected chi connectivity index (χ0v) is 29.1. The molecule has 0 bridgehead atoms. The first-order chi connectivity index (χ1) is 23.6. The highest BCUT2D eigenvalue weighted by atomic mass is 127. The molecule has 0 radical (unpaired) electrons. The van der Waals surface area contributed by atoms with Crippen LogP contribution in [0.3, 0.4) is 0 Å². The van der Waals surface area contributed by atoms with Crippen LogP contribution in [0, 0.1) is 50.4 Å². The zero-order chi connectivity index (χ0) is 36.2. The van der Waals surface area contributed by atoms with Crippen LogP contribution in [0.5, 0.6) is 11.5 Å². The van der Waals surface area contributed by atoms with Gasteiger partial charge in [-0.3, -0.25) is 24.1 Å². The summed E-state index contributed by atoms with van der Waals surface area (Å²) in [5.74, 6) is -21.7. The normalized spacial score (nSPS) is 28.9. The van der Waals surface area contributed by atoms with E-state index in [-0.39, 0.29) is 40.6 Å². The topological polar surface area (TPSA) is 104 Å². The molecule has 2 saturated heterocycles. The number of carbonyl (C=O) groups excluding carboxylic acids is 4. The van der Waals surface area contributed by atoms with Crippen molar-refractivity contribution in [3.8, 4) is 11.5 Å². The molecule has 2 heterocycles. The minimum Gasteiger partial charge on any atom is -0.504 e. The summed E-state index contributed by atoms with van der Waals surface area (Å²) in [7, 11) is 0. The van der Waals surface area contributed by atoms with Crippen LogP contribution < -0.4 is 14.5 Å². The molecule has 3 aromatic carbocycles. The van der Waals surface area contributed by atoms with Gasteiger partial charge in [0.25, 0.3) is 11.8 Å². The van der Waals surface area contributed by atoms with Gasteiger partial charge >= 0.3 is 0 Å². The van der Waals surface area contributed by atoms with E-state index >= 15 is 8.78 Å². The molecule has 16 heteroatoms. The van der Waals surface area contributed by atoms with Gasteiger partial charge in [0, 0.05) is 9.49 Å². The van der Waals surface area contributed by atoms with E-state index in [1.54, 1.807) is 37.3 Å². The SMILES string of the molecule is CCOc1cc([C@H]2C3=CC[C@@H]4C(=O)N(c5ccc(I)cc5)C(=O)[C@@H]4[C@@H]3C[C@@]3(Cl)C(=O)N(c4c(F)c(F)c(F)c(F)c4F)C(=O)[C@@]23Cl)ccc1O. The Kier molecular flexibility index (Phi) is 8.26. The molecule has 4 amide bonds. The molecule has 0 aromatic heterocycles. The van der Waals surface area contributed by atoms with Crippen LogP contribution in [-0.4, -0.2) is 45.1 Å². The highest BCUT2D eigenvalue weighted by Gasteiger charge is 2.77. The third-order valence-electron chi connectivity index (χ3n) is 9.92. The molecular formula is C34H22Cl2F5IN2O6. The number of alkyl halides is 2.